The Bertz CT molecular complexity index is 971. The molecule has 1 aromatic heterocycles. The largest absolute Gasteiger partial charge is 0.550 e. The minimum Gasteiger partial charge on any atom is -0.550 e. The van der Waals surface area contributed by atoms with E-state index >= 15 is 0 Å². The van der Waals surface area contributed by atoms with Gasteiger partial charge in [0.1, 0.15) is 17.1 Å². The molecule has 0 spiro atoms. The highest BCUT2D eigenvalue weighted by Crippen LogP contribution is 2.24. The molecule has 5 nitrogen and oxygen atoms in total. The highest BCUT2D eigenvalue weighted by Gasteiger charge is 2.06. The number of carbonyl (C=O) groups is 1. The highest BCUT2D eigenvalue weighted by atomic mass is 16.5. The highest BCUT2D eigenvalue weighted by molar-refractivity contribution is 5.79. The summed E-state index contributed by atoms with van der Waals surface area (Å²) < 4.78 is 11.2. The van der Waals surface area contributed by atoms with Gasteiger partial charge in [0, 0.05) is 36.0 Å². The first-order chi connectivity index (χ1) is 12.1. The first-order valence-corrected chi connectivity index (χ1v) is 7.96. The quantitative estimate of drug-likeness (QED) is 0.717. The molecule has 0 aliphatic rings. The zero-order chi connectivity index (χ0) is 17.8. The lowest BCUT2D eigenvalue weighted by Gasteiger charge is -2.07. The standard InChI is InChI=1S/C20H19NO4/c1-13-3-8-18-16(11-13)17(21-10-9-20(22)23)12-19(25-18)14-4-6-15(24-2)7-5-14/h3-8,11-12H,9-10H2,1-2H3,(H,22,23)/p-1. The number of hydrogen-bond donors (Lipinski definition) is 0. The van der Waals surface area contributed by atoms with Crippen LogP contribution in [0.5, 0.6) is 5.75 Å². The molecular weight excluding hydrogens is 318 g/mol. The van der Waals surface area contributed by atoms with Crippen LogP contribution in [0, 0.1) is 6.92 Å². The van der Waals surface area contributed by atoms with Crippen LogP contribution < -0.4 is 15.2 Å². The number of methoxy groups -OCH3 is 1. The third kappa shape index (κ3) is 3.88. The molecule has 0 saturated heterocycles. The van der Waals surface area contributed by atoms with E-state index in [1.807, 2.05) is 55.5 Å². The minimum absolute atomic E-state index is 0.114. The van der Waals surface area contributed by atoms with Crippen LogP contribution in [0.4, 0.5) is 0 Å². The molecule has 0 aliphatic carbocycles. The summed E-state index contributed by atoms with van der Waals surface area (Å²) in [7, 11) is 1.62. The normalized spacial score (nSPS) is 11.7. The molecule has 1 heterocycles. The number of ether oxygens (including phenoxy) is 1. The molecule has 0 saturated carbocycles. The van der Waals surface area contributed by atoms with Crippen LogP contribution >= 0.6 is 0 Å². The van der Waals surface area contributed by atoms with Crippen molar-refractivity contribution < 1.29 is 19.1 Å². The van der Waals surface area contributed by atoms with Crippen molar-refractivity contribution >= 4 is 16.9 Å². The van der Waals surface area contributed by atoms with Gasteiger partial charge in [-0.3, -0.25) is 4.99 Å². The van der Waals surface area contributed by atoms with Crippen LogP contribution in [0.2, 0.25) is 0 Å². The van der Waals surface area contributed by atoms with Gasteiger partial charge in [-0.15, -0.1) is 0 Å². The topological polar surface area (TPSA) is 74.9 Å². The fourth-order valence-corrected chi connectivity index (χ4v) is 2.58. The molecule has 0 radical (unpaired) electrons. The molecule has 3 aromatic rings. The minimum atomic E-state index is -1.11. The maximum atomic E-state index is 10.7. The number of nitrogens with zero attached hydrogens (tertiary/aromatic N) is 1. The molecule has 5 heteroatoms. The second-order valence-electron chi connectivity index (χ2n) is 5.73. The van der Waals surface area contributed by atoms with Crippen LogP contribution in [0.3, 0.4) is 0 Å². The van der Waals surface area contributed by atoms with Crippen molar-refractivity contribution in [2.24, 2.45) is 4.99 Å². The Morgan fingerprint density at radius 3 is 2.60 bits per heavy atom. The summed E-state index contributed by atoms with van der Waals surface area (Å²) in [4.78, 5) is 15.1. The number of aryl methyl sites for hydroxylation is 1. The Labute approximate surface area is 145 Å². The number of carboxylic acids is 1. The van der Waals surface area contributed by atoms with E-state index in [2.05, 4.69) is 4.99 Å². The number of benzene rings is 2. The first kappa shape index (κ1) is 16.8. The van der Waals surface area contributed by atoms with E-state index in [-0.39, 0.29) is 13.0 Å². The van der Waals surface area contributed by atoms with Crippen LogP contribution in [0.1, 0.15) is 12.0 Å². The lowest BCUT2D eigenvalue weighted by atomic mass is 10.1. The third-order valence-corrected chi connectivity index (χ3v) is 3.87. The van der Waals surface area contributed by atoms with E-state index in [9.17, 15) is 9.90 Å². The van der Waals surface area contributed by atoms with Crippen molar-refractivity contribution in [3.05, 3.63) is 59.5 Å². The average Bonchev–Trinajstić information content (AvgIpc) is 2.61. The van der Waals surface area contributed by atoms with Gasteiger partial charge < -0.3 is 19.1 Å². The van der Waals surface area contributed by atoms with Gasteiger partial charge in [-0.2, -0.15) is 0 Å². The molecule has 0 fully saturated rings. The van der Waals surface area contributed by atoms with Crippen molar-refractivity contribution in [1.82, 2.24) is 0 Å². The molecule has 0 aliphatic heterocycles. The zero-order valence-electron chi connectivity index (χ0n) is 14.1. The Morgan fingerprint density at radius 2 is 1.92 bits per heavy atom. The smallest absolute Gasteiger partial charge is 0.136 e. The van der Waals surface area contributed by atoms with Crippen LogP contribution in [0.15, 0.2) is 57.9 Å². The monoisotopic (exact) mass is 336 g/mol. The molecule has 25 heavy (non-hydrogen) atoms. The van der Waals surface area contributed by atoms with Gasteiger partial charge in [-0.05, 0) is 43.3 Å². The van der Waals surface area contributed by atoms with Crippen molar-refractivity contribution in [3.8, 4) is 17.1 Å². The summed E-state index contributed by atoms with van der Waals surface area (Å²) in [6.45, 7) is 2.15. The van der Waals surface area contributed by atoms with Gasteiger partial charge in [-0.1, -0.05) is 11.6 Å². The molecule has 128 valence electrons. The lowest BCUT2D eigenvalue weighted by molar-refractivity contribution is -0.305. The predicted molar refractivity (Wildman–Crippen MR) is 93.0 cm³/mol. The van der Waals surface area contributed by atoms with Crippen LogP contribution in [-0.2, 0) is 4.79 Å². The van der Waals surface area contributed by atoms with Crippen molar-refractivity contribution in [2.75, 3.05) is 13.7 Å². The SMILES string of the molecule is COc1ccc(-c2cc(=NCCC(=O)[O-])c3cc(C)ccc3o2)cc1. The maximum absolute atomic E-state index is 10.7. The van der Waals surface area contributed by atoms with Crippen LogP contribution in [0.25, 0.3) is 22.3 Å². The summed E-state index contributed by atoms with van der Waals surface area (Å²) in [6, 6.07) is 15.2. The van der Waals surface area contributed by atoms with Gasteiger partial charge in [0.05, 0.1) is 12.5 Å². The van der Waals surface area contributed by atoms with Gasteiger partial charge in [0.2, 0.25) is 0 Å². The zero-order valence-corrected chi connectivity index (χ0v) is 14.1. The van der Waals surface area contributed by atoms with Gasteiger partial charge >= 0.3 is 0 Å². The van der Waals surface area contributed by atoms with Gasteiger partial charge in [0.15, 0.2) is 0 Å². The number of carboxylic acid groups (broad SMARTS) is 1. The molecule has 0 amide bonds. The fourth-order valence-electron chi connectivity index (χ4n) is 2.58. The summed E-state index contributed by atoms with van der Waals surface area (Å²) in [5, 5.41) is 12.2. The molecule has 0 N–H and O–H groups in total. The van der Waals surface area contributed by atoms with E-state index in [1.165, 1.54) is 0 Å². The fraction of sp³-hybridized carbons (Fsp3) is 0.200. The first-order valence-electron chi connectivity index (χ1n) is 7.96. The summed E-state index contributed by atoms with van der Waals surface area (Å²) in [5.41, 5.74) is 2.67. The van der Waals surface area contributed by atoms with Crippen molar-refractivity contribution in [2.45, 2.75) is 13.3 Å². The van der Waals surface area contributed by atoms with E-state index in [0.717, 1.165) is 22.3 Å². The number of carbonyl (C=O) groups excluding carboxylic acids is 1. The van der Waals surface area contributed by atoms with Crippen molar-refractivity contribution in [3.63, 3.8) is 0 Å². The van der Waals surface area contributed by atoms with Gasteiger partial charge in [-0.25, -0.2) is 0 Å². The number of rotatable bonds is 5. The number of hydrogen-bond acceptors (Lipinski definition) is 5. The second kappa shape index (κ2) is 7.21. The van der Waals surface area contributed by atoms with E-state index in [1.54, 1.807) is 7.11 Å². The summed E-state index contributed by atoms with van der Waals surface area (Å²) in [6.07, 6.45) is -0.114. The maximum Gasteiger partial charge on any atom is 0.136 e. The Balaban J connectivity index is 2.13. The third-order valence-electron chi connectivity index (χ3n) is 3.87. The Morgan fingerprint density at radius 1 is 1.16 bits per heavy atom. The average molecular weight is 336 g/mol. The predicted octanol–water partition coefficient (Wildman–Crippen LogP) is 2.46. The molecule has 0 unspecified atom stereocenters. The summed E-state index contributed by atoms with van der Waals surface area (Å²) >= 11 is 0. The van der Waals surface area contributed by atoms with Gasteiger partial charge in [0.25, 0.3) is 0 Å². The lowest BCUT2D eigenvalue weighted by Crippen LogP contribution is -2.23. The van der Waals surface area contributed by atoms with E-state index in [4.69, 9.17) is 9.15 Å². The summed E-state index contributed by atoms with van der Waals surface area (Å²) in [5.74, 6) is 0.311. The second-order valence-corrected chi connectivity index (χ2v) is 5.73. The van der Waals surface area contributed by atoms with Crippen LogP contribution in [-0.4, -0.2) is 19.6 Å². The van der Waals surface area contributed by atoms with E-state index in [0.29, 0.717) is 16.7 Å². The Kier molecular flexibility index (Phi) is 4.84. The Hall–Kier alpha value is -3.08. The molecule has 0 bridgehead atoms. The molecule has 2 aromatic carbocycles. The van der Waals surface area contributed by atoms with Crippen molar-refractivity contribution in [1.29, 1.82) is 0 Å². The molecular formula is C20H18NO4-. The number of aliphatic carboxylic acids is 1. The number of fused-ring (bicyclic) bond motifs is 1. The molecule has 3 rings (SSSR count). The van der Waals surface area contributed by atoms with E-state index < -0.39 is 5.97 Å². The molecule has 0 atom stereocenters.